The Bertz CT molecular complexity index is 642. The minimum atomic E-state index is -3.85. The van der Waals surface area contributed by atoms with E-state index in [0.717, 1.165) is 18.2 Å². The number of anilines is 1. The molecule has 1 aromatic carbocycles. The number of nitrogen functional groups attached to an aromatic ring is 1. The fourth-order valence-corrected chi connectivity index (χ4v) is 2.35. The lowest BCUT2D eigenvalue weighted by Crippen LogP contribution is -2.24. The maximum absolute atomic E-state index is 12.8. The second kappa shape index (κ2) is 4.66. The Labute approximate surface area is 101 Å². The number of hydrogen-bond donors (Lipinski definition) is 3. The number of hydrogen-bond acceptors (Lipinski definition) is 6. The number of halogens is 1. The van der Waals surface area contributed by atoms with Crippen molar-refractivity contribution in [1.29, 1.82) is 0 Å². The molecule has 8 nitrogen and oxygen atoms in total. The summed E-state index contributed by atoms with van der Waals surface area (Å²) in [5.41, 5.74) is 5.28. The molecule has 10 heteroatoms. The molecule has 2 aromatic rings. The second-order valence-corrected chi connectivity index (χ2v) is 5.07. The molecule has 96 valence electrons. The number of sulfonamides is 1. The summed E-state index contributed by atoms with van der Waals surface area (Å²) in [6, 6.07) is 3.03. The molecule has 0 unspecified atom stereocenters. The van der Waals surface area contributed by atoms with Crippen LogP contribution in [0.3, 0.4) is 0 Å². The van der Waals surface area contributed by atoms with Gasteiger partial charge in [-0.25, -0.2) is 17.5 Å². The number of tetrazole rings is 1. The molecular weight excluding hydrogens is 263 g/mol. The van der Waals surface area contributed by atoms with Crippen molar-refractivity contribution in [3.05, 3.63) is 29.8 Å². The van der Waals surface area contributed by atoms with Crippen molar-refractivity contribution in [2.24, 2.45) is 0 Å². The standard InChI is InChI=1S/C8H9FN6O2S/c9-5-1-2-7(6(10)3-5)18(16,17)11-4-8-12-14-15-13-8/h1-3,11H,4,10H2,(H,12,13,14,15). The van der Waals surface area contributed by atoms with Crippen molar-refractivity contribution in [1.82, 2.24) is 25.3 Å². The molecule has 0 spiro atoms. The summed E-state index contributed by atoms with van der Waals surface area (Å²) < 4.78 is 38.8. The smallest absolute Gasteiger partial charge is 0.243 e. The first-order valence-electron chi connectivity index (χ1n) is 4.76. The van der Waals surface area contributed by atoms with E-state index in [4.69, 9.17) is 5.73 Å². The van der Waals surface area contributed by atoms with Crippen molar-refractivity contribution in [3.63, 3.8) is 0 Å². The number of nitrogens with two attached hydrogens (primary N) is 1. The van der Waals surface area contributed by atoms with Crippen LogP contribution in [0.1, 0.15) is 5.82 Å². The lowest BCUT2D eigenvalue weighted by Gasteiger charge is -2.07. The Morgan fingerprint density at radius 1 is 1.44 bits per heavy atom. The van der Waals surface area contributed by atoms with Crippen LogP contribution in [-0.4, -0.2) is 29.0 Å². The van der Waals surface area contributed by atoms with Gasteiger partial charge in [-0.3, -0.25) is 0 Å². The molecule has 2 rings (SSSR count). The average molecular weight is 272 g/mol. The summed E-state index contributed by atoms with van der Waals surface area (Å²) in [6.45, 7) is -0.143. The van der Waals surface area contributed by atoms with Gasteiger partial charge in [0.2, 0.25) is 10.0 Å². The molecule has 0 amide bonds. The van der Waals surface area contributed by atoms with E-state index in [2.05, 4.69) is 25.3 Å². The van der Waals surface area contributed by atoms with Crippen LogP contribution < -0.4 is 10.5 Å². The predicted molar refractivity (Wildman–Crippen MR) is 59.0 cm³/mol. The maximum atomic E-state index is 12.8. The molecule has 1 aromatic heterocycles. The first-order valence-corrected chi connectivity index (χ1v) is 6.24. The van der Waals surface area contributed by atoms with E-state index < -0.39 is 15.8 Å². The number of benzene rings is 1. The normalized spacial score (nSPS) is 11.6. The van der Waals surface area contributed by atoms with E-state index in [-0.39, 0.29) is 23.0 Å². The van der Waals surface area contributed by atoms with Crippen molar-refractivity contribution in [3.8, 4) is 0 Å². The van der Waals surface area contributed by atoms with Crippen LogP contribution in [0.5, 0.6) is 0 Å². The Morgan fingerprint density at radius 2 is 2.22 bits per heavy atom. The molecule has 0 aliphatic carbocycles. The van der Waals surface area contributed by atoms with Crippen molar-refractivity contribution in [2.75, 3.05) is 5.73 Å². The first kappa shape index (κ1) is 12.4. The number of nitrogens with zero attached hydrogens (tertiary/aromatic N) is 3. The zero-order chi connectivity index (χ0) is 13.2. The van der Waals surface area contributed by atoms with E-state index in [1.807, 2.05) is 0 Å². The van der Waals surface area contributed by atoms with Gasteiger partial charge < -0.3 is 5.73 Å². The maximum Gasteiger partial charge on any atom is 0.243 e. The van der Waals surface area contributed by atoms with Gasteiger partial charge in [-0.1, -0.05) is 5.21 Å². The number of H-pyrrole nitrogens is 1. The Morgan fingerprint density at radius 3 is 2.83 bits per heavy atom. The van der Waals surface area contributed by atoms with Crippen molar-refractivity contribution in [2.45, 2.75) is 11.4 Å². The molecule has 0 aliphatic rings. The minimum absolute atomic E-state index is 0.143. The molecule has 0 radical (unpaired) electrons. The van der Waals surface area contributed by atoms with Crippen LogP contribution >= 0.6 is 0 Å². The van der Waals surface area contributed by atoms with E-state index >= 15 is 0 Å². The topological polar surface area (TPSA) is 127 Å². The SMILES string of the molecule is Nc1cc(F)ccc1S(=O)(=O)NCc1nn[nH]n1. The molecule has 1 heterocycles. The summed E-state index contributed by atoms with van der Waals surface area (Å²) in [5, 5.41) is 12.6. The highest BCUT2D eigenvalue weighted by Gasteiger charge is 2.18. The molecule has 0 bridgehead atoms. The van der Waals surface area contributed by atoms with Gasteiger partial charge in [-0.15, -0.1) is 10.2 Å². The van der Waals surface area contributed by atoms with E-state index in [9.17, 15) is 12.8 Å². The van der Waals surface area contributed by atoms with Gasteiger partial charge in [0.15, 0.2) is 5.82 Å². The van der Waals surface area contributed by atoms with Gasteiger partial charge in [-0.05, 0) is 18.2 Å². The number of aromatic nitrogens is 4. The molecule has 0 saturated heterocycles. The molecule has 0 aliphatic heterocycles. The third-order valence-electron chi connectivity index (χ3n) is 2.07. The summed E-state index contributed by atoms with van der Waals surface area (Å²) in [4.78, 5) is -0.201. The van der Waals surface area contributed by atoms with Gasteiger partial charge in [-0.2, -0.15) is 5.21 Å². The molecule has 18 heavy (non-hydrogen) atoms. The summed E-state index contributed by atoms with van der Waals surface area (Å²) in [7, 11) is -3.85. The monoisotopic (exact) mass is 272 g/mol. The van der Waals surface area contributed by atoms with Gasteiger partial charge in [0.05, 0.1) is 12.2 Å². The molecule has 0 saturated carbocycles. The van der Waals surface area contributed by atoms with Crippen molar-refractivity contribution < 1.29 is 12.8 Å². The summed E-state index contributed by atoms with van der Waals surface area (Å²) in [5.74, 6) is -0.427. The zero-order valence-electron chi connectivity index (χ0n) is 8.96. The van der Waals surface area contributed by atoms with Crippen LogP contribution in [-0.2, 0) is 16.6 Å². The number of nitrogens with one attached hydrogen (secondary N) is 2. The van der Waals surface area contributed by atoms with Gasteiger partial charge in [0.1, 0.15) is 10.7 Å². The van der Waals surface area contributed by atoms with Crippen LogP contribution in [0.2, 0.25) is 0 Å². The van der Waals surface area contributed by atoms with Gasteiger partial charge in [0.25, 0.3) is 0 Å². The highest BCUT2D eigenvalue weighted by atomic mass is 32.2. The minimum Gasteiger partial charge on any atom is -0.398 e. The third kappa shape index (κ3) is 2.60. The average Bonchev–Trinajstić information content (AvgIpc) is 2.78. The first-order chi connectivity index (χ1) is 8.49. The second-order valence-electron chi connectivity index (χ2n) is 3.33. The van der Waals surface area contributed by atoms with Gasteiger partial charge >= 0.3 is 0 Å². The van der Waals surface area contributed by atoms with Crippen molar-refractivity contribution >= 4 is 15.7 Å². The highest BCUT2D eigenvalue weighted by Crippen LogP contribution is 2.18. The quantitative estimate of drug-likeness (QED) is 0.638. The molecule has 4 N–H and O–H groups in total. The highest BCUT2D eigenvalue weighted by molar-refractivity contribution is 7.89. The molecule has 0 fully saturated rings. The van der Waals surface area contributed by atoms with Crippen LogP contribution in [0.15, 0.2) is 23.1 Å². The lowest BCUT2D eigenvalue weighted by atomic mass is 10.3. The Balaban J connectivity index is 2.20. The fourth-order valence-electron chi connectivity index (χ4n) is 1.26. The summed E-state index contributed by atoms with van der Waals surface area (Å²) in [6.07, 6.45) is 0. The third-order valence-corrected chi connectivity index (χ3v) is 3.55. The van der Waals surface area contributed by atoms with E-state index in [1.165, 1.54) is 0 Å². The van der Waals surface area contributed by atoms with E-state index in [0.29, 0.717) is 0 Å². The largest absolute Gasteiger partial charge is 0.398 e. The lowest BCUT2D eigenvalue weighted by molar-refractivity contribution is 0.579. The summed E-state index contributed by atoms with van der Waals surface area (Å²) >= 11 is 0. The zero-order valence-corrected chi connectivity index (χ0v) is 9.78. The molecule has 0 atom stereocenters. The van der Waals surface area contributed by atoms with Crippen LogP contribution in [0.4, 0.5) is 10.1 Å². The predicted octanol–water partition coefficient (Wildman–Crippen LogP) is -0.601. The molecular formula is C8H9FN6O2S. The number of aromatic amines is 1. The van der Waals surface area contributed by atoms with Crippen LogP contribution in [0, 0.1) is 5.82 Å². The fraction of sp³-hybridized carbons (Fsp3) is 0.125. The number of rotatable bonds is 4. The van der Waals surface area contributed by atoms with E-state index in [1.54, 1.807) is 0 Å². The van der Waals surface area contributed by atoms with Gasteiger partial charge in [0, 0.05) is 0 Å². The Hall–Kier alpha value is -2.07. The van der Waals surface area contributed by atoms with Crippen LogP contribution in [0.25, 0.3) is 0 Å². The Kier molecular flexibility index (Phi) is 3.21.